The zero-order chi connectivity index (χ0) is 28.5. The average Bonchev–Trinajstić information content (AvgIpc) is 3.23. The predicted molar refractivity (Wildman–Crippen MR) is 143 cm³/mol. The number of esters is 1. The number of rotatable bonds is 10. The third kappa shape index (κ3) is 8.54. The summed E-state index contributed by atoms with van der Waals surface area (Å²) >= 11 is 0. The minimum absolute atomic E-state index is 0.0383. The fourth-order valence-electron chi connectivity index (χ4n) is 4.31. The second-order valence-corrected chi connectivity index (χ2v) is 10.4. The number of nitrogens with one attached hydrogen (secondary N) is 2. The monoisotopic (exact) mass is 539 g/mol. The number of benzene rings is 2. The second kappa shape index (κ2) is 13.2. The molecule has 0 spiro atoms. The molecule has 3 amide bonds. The van der Waals surface area contributed by atoms with E-state index in [4.69, 9.17) is 9.47 Å². The third-order valence-corrected chi connectivity index (χ3v) is 6.18. The van der Waals surface area contributed by atoms with Crippen LogP contribution in [-0.4, -0.2) is 64.3 Å². The molecule has 10 heteroatoms. The molecule has 3 N–H and O–H groups in total. The first kappa shape index (κ1) is 29.6. The van der Waals surface area contributed by atoms with Crippen molar-refractivity contribution in [2.75, 3.05) is 13.1 Å². The van der Waals surface area contributed by atoms with Gasteiger partial charge in [-0.1, -0.05) is 60.7 Å². The van der Waals surface area contributed by atoms with Crippen LogP contribution in [0.5, 0.6) is 0 Å². The quantitative estimate of drug-likeness (QED) is 0.395. The highest BCUT2D eigenvalue weighted by Gasteiger charge is 2.57. The maximum atomic E-state index is 13.2. The maximum Gasteiger partial charge on any atom is 0.407 e. The van der Waals surface area contributed by atoms with Gasteiger partial charge in [0.2, 0.25) is 11.8 Å². The first-order valence-corrected chi connectivity index (χ1v) is 13.0. The number of hydrogen-bond donors (Lipinski definition) is 3. The summed E-state index contributed by atoms with van der Waals surface area (Å²) in [6, 6.07) is 17.6. The summed E-state index contributed by atoms with van der Waals surface area (Å²) in [5, 5.41) is 16.5. The Hall–Kier alpha value is -3.92. The van der Waals surface area contributed by atoms with Crippen molar-refractivity contribution in [3.8, 4) is 0 Å². The molecule has 0 unspecified atom stereocenters. The van der Waals surface area contributed by atoms with Gasteiger partial charge in [0.05, 0.1) is 6.04 Å². The molecule has 2 aromatic carbocycles. The molecule has 2 aromatic rings. The number of alkyl carbamates (subject to hydrolysis) is 1. The molecular formula is C29H37N3O7. The van der Waals surface area contributed by atoms with Gasteiger partial charge < -0.3 is 30.1 Å². The Bertz CT molecular complexity index is 1130. The Morgan fingerprint density at radius 3 is 2.23 bits per heavy atom. The molecule has 0 saturated carbocycles. The summed E-state index contributed by atoms with van der Waals surface area (Å²) in [5.74, 6) is -2.10. The van der Waals surface area contributed by atoms with Crippen LogP contribution in [0.4, 0.5) is 4.79 Å². The molecule has 210 valence electrons. The molecule has 0 aliphatic carbocycles. The van der Waals surface area contributed by atoms with E-state index < -0.39 is 47.8 Å². The average molecular weight is 540 g/mol. The number of carbonyl (C=O) groups is 4. The van der Waals surface area contributed by atoms with Crippen molar-refractivity contribution in [2.45, 2.75) is 70.4 Å². The predicted octanol–water partition coefficient (Wildman–Crippen LogP) is 2.68. The topological polar surface area (TPSA) is 134 Å². The molecule has 10 nitrogen and oxygen atoms in total. The van der Waals surface area contributed by atoms with Crippen molar-refractivity contribution in [3.63, 3.8) is 0 Å². The molecule has 1 aliphatic heterocycles. The van der Waals surface area contributed by atoms with Crippen molar-refractivity contribution >= 4 is 23.9 Å². The lowest BCUT2D eigenvalue weighted by molar-refractivity contribution is -0.200. The van der Waals surface area contributed by atoms with E-state index in [2.05, 4.69) is 10.6 Å². The second-order valence-electron chi connectivity index (χ2n) is 10.4. The van der Waals surface area contributed by atoms with Gasteiger partial charge in [0.15, 0.2) is 0 Å². The van der Waals surface area contributed by atoms with Crippen molar-refractivity contribution in [2.24, 2.45) is 0 Å². The van der Waals surface area contributed by atoms with Crippen molar-refractivity contribution in [3.05, 3.63) is 71.8 Å². The van der Waals surface area contributed by atoms with Crippen LogP contribution < -0.4 is 10.6 Å². The molecule has 1 saturated heterocycles. The van der Waals surface area contributed by atoms with E-state index in [1.54, 1.807) is 32.9 Å². The molecule has 0 radical (unpaired) electrons. The summed E-state index contributed by atoms with van der Waals surface area (Å²) in [4.78, 5) is 52.0. The summed E-state index contributed by atoms with van der Waals surface area (Å²) in [6.07, 6.45) is 0.630. The maximum absolute atomic E-state index is 13.2. The van der Waals surface area contributed by atoms with Crippen LogP contribution in [0, 0.1) is 0 Å². The van der Waals surface area contributed by atoms with Gasteiger partial charge in [-0.25, -0.2) is 9.59 Å². The molecule has 1 aliphatic rings. The zero-order valence-electron chi connectivity index (χ0n) is 22.6. The summed E-state index contributed by atoms with van der Waals surface area (Å²) < 4.78 is 10.5. The molecule has 1 heterocycles. The largest absolute Gasteiger partial charge is 0.456 e. The van der Waals surface area contributed by atoms with E-state index in [1.807, 2.05) is 48.5 Å². The number of likely N-dealkylation sites (tertiary alicyclic amines) is 1. The number of carbonyl (C=O) groups excluding carboxylic acids is 4. The van der Waals surface area contributed by atoms with Crippen molar-refractivity contribution < 1.29 is 33.8 Å². The molecule has 0 bridgehead atoms. The van der Waals surface area contributed by atoms with Crippen LogP contribution in [0.25, 0.3) is 0 Å². The molecule has 39 heavy (non-hydrogen) atoms. The lowest BCUT2D eigenvalue weighted by Crippen LogP contribution is -2.64. The van der Waals surface area contributed by atoms with Crippen molar-refractivity contribution in [1.82, 2.24) is 15.5 Å². The van der Waals surface area contributed by atoms with Gasteiger partial charge in [0.1, 0.15) is 18.8 Å². The van der Waals surface area contributed by atoms with Gasteiger partial charge in [0, 0.05) is 13.0 Å². The van der Waals surface area contributed by atoms with E-state index >= 15 is 0 Å². The van der Waals surface area contributed by atoms with E-state index in [9.17, 15) is 24.3 Å². The lowest BCUT2D eigenvalue weighted by Gasteiger charge is -2.37. The van der Waals surface area contributed by atoms with Crippen LogP contribution in [-0.2, 0) is 36.9 Å². The third-order valence-electron chi connectivity index (χ3n) is 6.18. The number of hydrogen-bond acceptors (Lipinski definition) is 7. The molecule has 0 aromatic heterocycles. The number of aliphatic hydroxyl groups is 1. The van der Waals surface area contributed by atoms with E-state index in [-0.39, 0.29) is 26.0 Å². The number of ether oxygens (including phenoxy) is 2. The standard InChI is InChI=1S/C29H37N3O7/c1-28(2,3)39-26(35)29(37)23(17-18-32(29)25(34)16-10-15-21-11-6-4-7-12-21)31-24(33)19-30-27(36)38-20-22-13-8-5-9-14-22/h4-9,11-14,23,37H,10,15-20H2,1-3H3,(H,30,36)(H,31,33)/t23-,29-/m0/s1. The number of nitrogens with zero attached hydrogens (tertiary/aromatic N) is 1. The first-order chi connectivity index (χ1) is 18.5. The van der Waals surface area contributed by atoms with E-state index in [1.165, 1.54) is 0 Å². The Kier molecular flexibility index (Phi) is 10.1. The Labute approximate surface area is 228 Å². The molecule has 1 fully saturated rings. The number of amides is 3. The smallest absolute Gasteiger partial charge is 0.407 e. The van der Waals surface area contributed by atoms with Crippen LogP contribution in [0.3, 0.4) is 0 Å². The Balaban J connectivity index is 1.60. The normalized spacial score (nSPS) is 18.8. The van der Waals surface area contributed by atoms with Gasteiger partial charge in [-0.05, 0) is 51.2 Å². The molecular weight excluding hydrogens is 502 g/mol. The minimum atomic E-state index is -2.39. The van der Waals surface area contributed by atoms with E-state index in [0.717, 1.165) is 16.0 Å². The lowest BCUT2D eigenvalue weighted by atomic mass is 10.0. The highest BCUT2D eigenvalue weighted by Crippen LogP contribution is 2.31. The van der Waals surface area contributed by atoms with Crippen LogP contribution >= 0.6 is 0 Å². The van der Waals surface area contributed by atoms with Gasteiger partial charge in [0.25, 0.3) is 5.72 Å². The Morgan fingerprint density at radius 1 is 1.00 bits per heavy atom. The van der Waals surface area contributed by atoms with Crippen LogP contribution in [0.15, 0.2) is 60.7 Å². The Morgan fingerprint density at radius 2 is 1.62 bits per heavy atom. The van der Waals surface area contributed by atoms with Gasteiger partial charge in [-0.15, -0.1) is 0 Å². The zero-order valence-corrected chi connectivity index (χ0v) is 22.6. The fraction of sp³-hybridized carbons (Fsp3) is 0.448. The number of aryl methyl sites for hydroxylation is 1. The fourth-order valence-corrected chi connectivity index (χ4v) is 4.31. The first-order valence-electron chi connectivity index (χ1n) is 13.0. The van der Waals surface area contributed by atoms with Crippen molar-refractivity contribution in [1.29, 1.82) is 0 Å². The van der Waals surface area contributed by atoms with E-state index in [0.29, 0.717) is 12.8 Å². The van der Waals surface area contributed by atoms with Gasteiger partial charge >= 0.3 is 12.1 Å². The summed E-state index contributed by atoms with van der Waals surface area (Å²) in [6.45, 7) is 4.59. The summed E-state index contributed by atoms with van der Waals surface area (Å²) in [5.41, 5.74) is -1.45. The highest BCUT2D eigenvalue weighted by atomic mass is 16.6. The minimum Gasteiger partial charge on any atom is -0.456 e. The molecule has 2 atom stereocenters. The van der Waals surface area contributed by atoms with Gasteiger partial charge in [-0.3, -0.25) is 9.59 Å². The van der Waals surface area contributed by atoms with Crippen LogP contribution in [0.2, 0.25) is 0 Å². The molecule has 3 rings (SSSR count). The van der Waals surface area contributed by atoms with Gasteiger partial charge in [-0.2, -0.15) is 0 Å². The SMILES string of the molecule is CC(C)(C)OC(=O)[C@@]1(O)[C@@H](NC(=O)CNC(=O)OCc2ccccc2)CCN1C(=O)CCCc1ccccc1. The van der Waals surface area contributed by atoms with Crippen LogP contribution in [0.1, 0.15) is 51.2 Å². The highest BCUT2D eigenvalue weighted by molar-refractivity contribution is 5.90. The summed E-state index contributed by atoms with van der Waals surface area (Å²) in [7, 11) is 0.